The van der Waals surface area contributed by atoms with Crippen LogP contribution in [0.25, 0.3) is 0 Å². The standard InChI is InChI=1S/2C5H12.2C2HF3O2.2Pd/c2*1-3-5-4-2;2*3-2(4,5)1(6)7;;/h2*3-5H2,1-2H3;2*(H,6,7);;. The van der Waals surface area contributed by atoms with E-state index in [4.69, 9.17) is 19.8 Å². The third kappa shape index (κ3) is 49.6. The van der Waals surface area contributed by atoms with Crippen LogP contribution in [0, 0.1) is 0 Å². The van der Waals surface area contributed by atoms with Crippen molar-refractivity contribution in [3.05, 3.63) is 0 Å². The number of unbranched alkanes of at least 4 members (excludes halogenated alkanes) is 4. The van der Waals surface area contributed by atoms with E-state index in [1.54, 1.807) is 0 Å². The first-order valence-electron chi connectivity index (χ1n) is 7.32. The summed E-state index contributed by atoms with van der Waals surface area (Å²) in [6, 6.07) is 0. The summed E-state index contributed by atoms with van der Waals surface area (Å²) in [6.07, 6.45) is -2.01. The Morgan fingerprint density at radius 3 is 0.731 bits per heavy atom. The van der Waals surface area contributed by atoms with Crippen molar-refractivity contribution < 1.29 is 87.0 Å². The van der Waals surface area contributed by atoms with E-state index in [2.05, 4.69) is 27.7 Å². The predicted molar refractivity (Wildman–Crippen MR) is 77.8 cm³/mol. The van der Waals surface area contributed by atoms with Crippen LogP contribution in [-0.2, 0) is 50.4 Å². The minimum Gasteiger partial charge on any atom is -0.475 e. The van der Waals surface area contributed by atoms with Crippen molar-refractivity contribution in [2.24, 2.45) is 0 Å². The molecule has 0 fully saturated rings. The molecule has 0 aromatic heterocycles. The topological polar surface area (TPSA) is 74.6 Å². The largest absolute Gasteiger partial charge is 0.490 e. The Morgan fingerprint density at radius 2 is 0.731 bits per heavy atom. The quantitative estimate of drug-likeness (QED) is 0.331. The number of hydrogen-bond donors (Lipinski definition) is 2. The summed E-state index contributed by atoms with van der Waals surface area (Å²) < 4.78 is 63.5. The van der Waals surface area contributed by atoms with E-state index in [9.17, 15) is 26.3 Å². The first-order valence-corrected chi connectivity index (χ1v) is 7.32. The van der Waals surface area contributed by atoms with Crippen LogP contribution < -0.4 is 0 Å². The first kappa shape index (κ1) is 40.5. The molecule has 0 saturated heterocycles. The number of carboxylic acids is 2. The Morgan fingerprint density at radius 1 is 0.615 bits per heavy atom. The second-order valence-electron chi connectivity index (χ2n) is 4.31. The summed E-state index contributed by atoms with van der Waals surface area (Å²) in [6.45, 7) is 8.85. The van der Waals surface area contributed by atoms with Gasteiger partial charge >= 0.3 is 24.3 Å². The molecular formula is C14H26F6O4Pd2. The first-order chi connectivity index (χ1) is 10.7. The van der Waals surface area contributed by atoms with E-state index >= 15 is 0 Å². The molecule has 0 aliphatic carbocycles. The average molecular weight is 585 g/mol. The average Bonchev–Trinajstić information content (AvgIpc) is 2.40. The summed E-state index contributed by atoms with van der Waals surface area (Å²) in [4.78, 5) is 17.8. The molecule has 0 heterocycles. The van der Waals surface area contributed by atoms with Gasteiger partial charge in [-0.2, -0.15) is 26.3 Å². The van der Waals surface area contributed by atoms with Crippen LogP contribution in [0.2, 0.25) is 0 Å². The molecular weight excluding hydrogens is 559 g/mol. The van der Waals surface area contributed by atoms with E-state index in [-0.39, 0.29) is 40.8 Å². The summed E-state index contributed by atoms with van der Waals surface area (Å²) in [5.74, 6) is -5.51. The number of carboxylic acid groups (broad SMARTS) is 2. The third-order valence-electron chi connectivity index (χ3n) is 1.90. The molecule has 0 unspecified atom stereocenters. The van der Waals surface area contributed by atoms with Crippen LogP contribution in [-0.4, -0.2) is 34.5 Å². The van der Waals surface area contributed by atoms with E-state index in [1.165, 1.54) is 38.5 Å². The molecule has 0 rings (SSSR count). The molecule has 2 N–H and O–H groups in total. The minimum absolute atomic E-state index is 0. The van der Waals surface area contributed by atoms with Crippen molar-refractivity contribution in [3.8, 4) is 0 Å². The Bertz CT molecular complexity index is 277. The Hall–Kier alpha value is -0.155. The van der Waals surface area contributed by atoms with Gasteiger partial charge in [0.1, 0.15) is 0 Å². The fourth-order valence-corrected chi connectivity index (χ4v) is 0.707. The summed E-state index contributed by atoms with van der Waals surface area (Å²) in [5, 5.41) is 14.2. The van der Waals surface area contributed by atoms with Crippen molar-refractivity contribution in [3.63, 3.8) is 0 Å². The van der Waals surface area contributed by atoms with Gasteiger partial charge in [-0.05, 0) is 0 Å². The van der Waals surface area contributed by atoms with Gasteiger partial charge in [0, 0.05) is 40.8 Å². The molecule has 4 nitrogen and oxygen atoms in total. The number of halogens is 6. The van der Waals surface area contributed by atoms with Crippen LogP contribution in [0.4, 0.5) is 26.3 Å². The van der Waals surface area contributed by atoms with Crippen molar-refractivity contribution in [2.45, 2.75) is 78.6 Å². The Labute approximate surface area is 177 Å². The number of alkyl halides is 6. The molecule has 0 radical (unpaired) electrons. The number of aliphatic carboxylic acids is 2. The molecule has 26 heavy (non-hydrogen) atoms. The van der Waals surface area contributed by atoms with Gasteiger partial charge in [-0.3, -0.25) is 0 Å². The van der Waals surface area contributed by atoms with Gasteiger partial charge in [0.2, 0.25) is 0 Å². The van der Waals surface area contributed by atoms with Crippen molar-refractivity contribution in [1.29, 1.82) is 0 Å². The maximum absolute atomic E-state index is 10.6. The minimum atomic E-state index is -5.08. The number of rotatable bonds is 4. The second-order valence-corrected chi connectivity index (χ2v) is 4.31. The zero-order valence-electron chi connectivity index (χ0n) is 14.9. The van der Waals surface area contributed by atoms with E-state index in [0.29, 0.717) is 0 Å². The van der Waals surface area contributed by atoms with Crippen LogP contribution in [0.1, 0.15) is 66.2 Å². The van der Waals surface area contributed by atoms with E-state index in [0.717, 1.165) is 0 Å². The molecule has 0 atom stereocenters. The van der Waals surface area contributed by atoms with Gasteiger partial charge in [0.25, 0.3) is 0 Å². The molecule has 0 spiro atoms. The van der Waals surface area contributed by atoms with E-state index in [1.807, 2.05) is 0 Å². The van der Waals surface area contributed by atoms with Gasteiger partial charge in [-0.1, -0.05) is 66.2 Å². The van der Waals surface area contributed by atoms with Gasteiger partial charge in [-0.25, -0.2) is 9.59 Å². The van der Waals surface area contributed by atoms with E-state index < -0.39 is 24.3 Å². The molecule has 12 heteroatoms. The Kier molecular flexibility index (Phi) is 38.7. The summed E-state index contributed by atoms with van der Waals surface area (Å²) in [5.41, 5.74) is 0. The normalized spacial score (nSPS) is 9.31. The van der Waals surface area contributed by atoms with Crippen molar-refractivity contribution >= 4 is 11.9 Å². The fourth-order valence-electron chi connectivity index (χ4n) is 0.707. The molecule has 0 aromatic rings. The maximum atomic E-state index is 10.6. The van der Waals surface area contributed by atoms with Crippen LogP contribution in [0.5, 0.6) is 0 Å². The SMILES string of the molecule is CCCCC.CCCCC.O=C(O)C(F)(F)F.O=C(O)C(F)(F)F.[Pd].[Pd]. The molecule has 0 saturated carbocycles. The van der Waals surface area contributed by atoms with Crippen molar-refractivity contribution in [1.82, 2.24) is 0 Å². The van der Waals surface area contributed by atoms with Gasteiger partial charge in [-0.15, -0.1) is 0 Å². The third-order valence-corrected chi connectivity index (χ3v) is 1.90. The van der Waals surface area contributed by atoms with Gasteiger partial charge in [0.15, 0.2) is 0 Å². The van der Waals surface area contributed by atoms with Crippen LogP contribution in [0.15, 0.2) is 0 Å². The molecule has 0 aromatic carbocycles. The maximum Gasteiger partial charge on any atom is 0.490 e. The fraction of sp³-hybridized carbons (Fsp3) is 0.857. The number of hydrogen-bond acceptors (Lipinski definition) is 2. The van der Waals surface area contributed by atoms with Crippen molar-refractivity contribution in [2.75, 3.05) is 0 Å². The summed E-state index contributed by atoms with van der Waals surface area (Å²) >= 11 is 0. The number of carbonyl (C=O) groups is 2. The smallest absolute Gasteiger partial charge is 0.475 e. The van der Waals surface area contributed by atoms with Gasteiger partial charge < -0.3 is 10.2 Å². The second kappa shape index (κ2) is 24.8. The summed E-state index contributed by atoms with van der Waals surface area (Å²) in [7, 11) is 0. The Balaban J connectivity index is -0.0000000506. The van der Waals surface area contributed by atoms with Crippen LogP contribution >= 0.6 is 0 Å². The predicted octanol–water partition coefficient (Wildman–Crippen LogP) is 5.65. The zero-order valence-corrected chi connectivity index (χ0v) is 18.0. The van der Waals surface area contributed by atoms with Crippen LogP contribution in [0.3, 0.4) is 0 Å². The molecule has 0 aliphatic rings. The van der Waals surface area contributed by atoms with Gasteiger partial charge in [0.05, 0.1) is 0 Å². The molecule has 0 aliphatic heterocycles. The molecule has 0 bridgehead atoms. The molecule has 168 valence electrons. The zero-order chi connectivity index (χ0) is 20.4. The molecule has 0 amide bonds. The monoisotopic (exact) mass is 584 g/mol.